The third kappa shape index (κ3) is 18.9. The van der Waals surface area contributed by atoms with Crippen LogP contribution in [0.2, 0.25) is 36.3 Å². The molecule has 6 aromatic carbocycles. The first-order valence-corrected chi connectivity index (χ1v) is 31.2. The molecule has 7 heteroatoms. The van der Waals surface area contributed by atoms with Gasteiger partial charge in [0.25, 0.3) is 0 Å². The fourth-order valence-corrected chi connectivity index (χ4v) is 19.0. The minimum atomic E-state index is -1.56. The van der Waals surface area contributed by atoms with Crippen LogP contribution in [0.4, 0.5) is 0 Å². The zero-order chi connectivity index (χ0) is 46.9. The maximum Gasteiger partial charge on any atom is 0.194 e. The fraction of sp³-hybridized carbons (Fsp3) is 0.310. The smallest absolute Gasteiger partial charge is 0.194 e. The molecule has 0 heterocycles. The van der Waals surface area contributed by atoms with Crippen molar-refractivity contribution in [2.24, 2.45) is 0 Å². The minimum absolute atomic E-state index is 0. The average Bonchev–Trinajstić information content (AvgIpc) is 3.35. The first kappa shape index (κ1) is 57.5. The van der Waals surface area contributed by atoms with Gasteiger partial charge in [0.15, 0.2) is 16.6 Å². The minimum Gasteiger partial charge on any atom is -0.401 e. The van der Waals surface area contributed by atoms with E-state index >= 15 is 0 Å². The van der Waals surface area contributed by atoms with E-state index < -0.39 is 43.7 Å². The van der Waals surface area contributed by atoms with E-state index in [4.69, 9.17) is 21.7 Å². The molecule has 0 bridgehead atoms. The summed E-state index contributed by atoms with van der Waals surface area (Å²) in [5.41, 5.74) is -0.984. The molecule has 0 aliphatic rings. The summed E-state index contributed by atoms with van der Waals surface area (Å²) in [4.78, 5) is 0. The van der Waals surface area contributed by atoms with E-state index in [0.717, 1.165) is 36.3 Å². The van der Waals surface area contributed by atoms with Gasteiger partial charge in [-0.25, -0.2) is 0 Å². The Labute approximate surface area is 414 Å². The third-order valence-corrected chi connectivity index (χ3v) is 26.9. The molecule has 65 heavy (non-hydrogen) atoms. The van der Waals surface area contributed by atoms with Crippen molar-refractivity contribution in [2.75, 3.05) is 0 Å². The molecule has 0 amide bonds. The van der Waals surface area contributed by atoms with Gasteiger partial charge in [0, 0.05) is 21.1 Å². The molecule has 0 aliphatic carbocycles. The van der Waals surface area contributed by atoms with Crippen LogP contribution in [0.25, 0.3) is 0 Å². The molecule has 0 aliphatic heterocycles. The van der Waals surface area contributed by atoms with E-state index in [1.54, 1.807) is 0 Å². The normalized spacial score (nSPS) is 11.2. The van der Waals surface area contributed by atoms with Gasteiger partial charge in [-0.05, 0) is 150 Å². The number of hydrogen-bond acceptors (Lipinski definition) is 2. The van der Waals surface area contributed by atoms with E-state index in [1.807, 2.05) is 27.7 Å². The van der Waals surface area contributed by atoms with E-state index in [-0.39, 0.29) is 21.1 Å². The zero-order valence-electron chi connectivity index (χ0n) is 40.7. The Morgan fingerprint density at radius 1 is 0.354 bits per heavy atom. The van der Waals surface area contributed by atoms with Crippen molar-refractivity contribution in [3.63, 3.8) is 0 Å². The number of benzene rings is 6. The maximum atomic E-state index is 7.16. The summed E-state index contributed by atoms with van der Waals surface area (Å²) in [6.07, 6.45) is 14.3. The van der Waals surface area contributed by atoms with Crippen molar-refractivity contribution in [3.8, 4) is 11.8 Å². The summed E-state index contributed by atoms with van der Waals surface area (Å²) in [7, 11) is -4.87. The molecule has 0 spiro atoms. The van der Waals surface area contributed by atoms with Crippen molar-refractivity contribution in [2.45, 2.75) is 117 Å². The second-order valence-corrected chi connectivity index (χ2v) is 31.3. The van der Waals surface area contributed by atoms with Gasteiger partial charge >= 0.3 is 0 Å². The summed E-state index contributed by atoms with van der Waals surface area (Å²) in [6.45, 7) is 20.8. The van der Waals surface area contributed by atoms with Gasteiger partial charge in [-0.2, -0.15) is 0 Å². The summed E-state index contributed by atoms with van der Waals surface area (Å²) in [5.74, 6) is 4.92. The molecule has 0 fully saturated rings. The van der Waals surface area contributed by atoms with E-state index in [0.29, 0.717) is 0 Å². The van der Waals surface area contributed by atoms with Crippen LogP contribution in [-0.2, 0) is 29.9 Å². The topological polar surface area (TPSA) is 18.5 Å². The largest absolute Gasteiger partial charge is 0.401 e. The molecule has 0 atom stereocenters. The van der Waals surface area contributed by atoms with Crippen LogP contribution in [-0.4, -0.2) is 27.8 Å². The van der Waals surface area contributed by atoms with Crippen molar-refractivity contribution >= 4 is 64.3 Å². The van der Waals surface area contributed by atoms with Gasteiger partial charge in [0.05, 0.1) is 15.8 Å². The summed E-state index contributed by atoms with van der Waals surface area (Å²) in [5, 5.41) is 8.61. The van der Waals surface area contributed by atoms with Crippen LogP contribution in [0.1, 0.15) is 69.2 Å². The standard InChI is InChI=1S/2C18H15P.2C11H21OSi.Pt/c2*1-4-10-16(11-5-1)19(17-12-6-2-7-13-17)18-14-8-3-9-15-18;2*1-7-11(5,6)12-13(8-2,9-3)10-4;/h2*1-15H;2*8-10H2,2-6H3;/p+2. The summed E-state index contributed by atoms with van der Waals surface area (Å²) < 4.78 is 12.1. The van der Waals surface area contributed by atoms with Crippen LogP contribution in [0.3, 0.4) is 0 Å². The molecule has 0 aromatic heterocycles. The maximum absolute atomic E-state index is 7.16. The molecule has 2 radical (unpaired) electrons. The van der Waals surface area contributed by atoms with E-state index in [1.165, 1.54) is 31.8 Å². The average molecular weight is 1120 g/mol. The van der Waals surface area contributed by atoms with Crippen LogP contribution >= 0.6 is 15.8 Å². The Balaban J connectivity index is 0.000000302. The van der Waals surface area contributed by atoms with Gasteiger partial charge in [-0.3, -0.25) is 0 Å². The van der Waals surface area contributed by atoms with Gasteiger partial charge in [0.2, 0.25) is 0 Å². The second kappa shape index (κ2) is 29.9. The predicted octanol–water partition coefficient (Wildman–Crippen LogP) is 13.1. The van der Waals surface area contributed by atoms with Gasteiger partial charge in [0.1, 0.15) is 43.0 Å². The zero-order valence-corrected chi connectivity index (χ0v) is 47.0. The van der Waals surface area contributed by atoms with Gasteiger partial charge < -0.3 is 8.85 Å². The van der Waals surface area contributed by atoms with Crippen molar-refractivity contribution < 1.29 is 29.9 Å². The molecule has 0 saturated carbocycles. The molecule has 2 nitrogen and oxygen atoms in total. The Hall–Kier alpha value is -3.66. The quantitative estimate of drug-likeness (QED) is 0.0546. The summed E-state index contributed by atoms with van der Waals surface area (Å²) >= 11 is 0. The Morgan fingerprint density at radius 2 is 0.508 bits per heavy atom. The molecule has 0 saturated heterocycles. The Morgan fingerprint density at radius 3 is 0.631 bits per heavy atom. The first-order chi connectivity index (χ1) is 30.8. The van der Waals surface area contributed by atoms with Crippen LogP contribution < -0.4 is 31.8 Å². The van der Waals surface area contributed by atoms with E-state index in [9.17, 15) is 0 Å². The van der Waals surface area contributed by atoms with Crippen LogP contribution in [0, 0.1) is 24.7 Å². The molecule has 6 rings (SSSR count). The molecule has 6 aromatic rings. The van der Waals surface area contributed by atoms with Gasteiger partial charge in [-0.15, -0.1) is 0 Å². The SMILES string of the molecule is [C]#CC(C)(C)O[Si](CC)(CC)CC.[C]#CC(C)(C)O[Si](CC)(CC)CC.[Pt].c1ccc([PH+](c2ccccc2)c2ccccc2)cc1.c1ccc([PH+](c2ccccc2)c2ccccc2)cc1. The van der Waals surface area contributed by atoms with Crippen LogP contribution in [0.15, 0.2) is 182 Å². The van der Waals surface area contributed by atoms with Gasteiger partial charge in [-0.1, -0.05) is 163 Å². The molecule has 344 valence electrons. The third-order valence-electron chi connectivity index (χ3n) is 11.8. The van der Waals surface area contributed by atoms with Crippen molar-refractivity contribution in [3.05, 3.63) is 195 Å². The molecular weight excluding hydrogens is 1040 g/mol. The Bertz CT molecular complexity index is 1860. The molecule has 0 N–H and O–H groups in total. The second-order valence-electron chi connectivity index (χ2n) is 16.9. The van der Waals surface area contributed by atoms with E-state index in [2.05, 4.69) is 235 Å². The first-order valence-electron chi connectivity index (χ1n) is 23.1. The molecule has 0 unspecified atom stereocenters. The summed E-state index contributed by atoms with van der Waals surface area (Å²) in [6, 6.07) is 71.8. The van der Waals surface area contributed by atoms with Crippen molar-refractivity contribution in [1.82, 2.24) is 0 Å². The number of hydrogen-bond donors (Lipinski definition) is 0. The molecular formula is C58H74O2P2PtSi2+2. The van der Waals surface area contributed by atoms with Crippen LogP contribution in [0.5, 0.6) is 0 Å². The van der Waals surface area contributed by atoms with Crippen molar-refractivity contribution in [1.29, 1.82) is 0 Å². The Kier molecular flexibility index (Phi) is 26.4. The number of rotatable bonds is 16. The predicted molar refractivity (Wildman–Crippen MR) is 292 cm³/mol. The fourth-order valence-electron chi connectivity index (χ4n) is 7.70. The monoisotopic (exact) mass is 1120 g/mol.